The number of thiazole rings is 1. The number of morpholine rings is 1. The number of Topliss-reactive ketones (excluding diaryl/α,β-unsaturated/α-hetero) is 1. The van der Waals surface area contributed by atoms with Crippen molar-refractivity contribution in [3.05, 3.63) is 40.4 Å². The standard InChI is InChI=1S/C25H35N5O3S/c1-3-29(30-12-14-33-15-13-30)11-10-20-17-34-25(26-20)28-24(32)27-22-9-8-18(2)16-21(22)23(31)19-6-4-5-7-19/h8-9,16-17,19H,3-7,10-15H2,1-2H3,(H2,26,27,28,32). The molecule has 4 rings (SSSR count). The maximum absolute atomic E-state index is 13.0. The Morgan fingerprint density at radius 1 is 1.21 bits per heavy atom. The summed E-state index contributed by atoms with van der Waals surface area (Å²) in [7, 11) is 0. The van der Waals surface area contributed by atoms with Gasteiger partial charge in [0.2, 0.25) is 0 Å². The van der Waals surface area contributed by atoms with E-state index >= 15 is 0 Å². The van der Waals surface area contributed by atoms with Crippen LogP contribution in [0.3, 0.4) is 0 Å². The van der Waals surface area contributed by atoms with Gasteiger partial charge in [-0.15, -0.1) is 11.3 Å². The van der Waals surface area contributed by atoms with Crippen LogP contribution >= 0.6 is 11.3 Å². The summed E-state index contributed by atoms with van der Waals surface area (Å²) in [5.41, 5.74) is 3.13. The zero-order valence-corrected chi connectivity index (χ0v) is 21.0. The summed E-state index contributed by atoms with van der Waals surface area (Å²) in [6.07, 6.45) is 4.87. The molecule has 2 aliphatic rings. The highest BCUT2D eigenvalue weighted by Crippen LogP contribution is 2.31. The molecule has 8 nitrogen and oxygen atoms in total. The average molecular weight is 486 g/mol. The summed E-state index contributed by atoms with van der Waals surface area (Å²) in [5, 5.41) is 12.9. The summed E-state index contributed by atoms with van der Waals surface area (Å²) in [5.74, 6) is 0.195. The number of benzene rings is 1. The molecule has 184 valence electrons. The Labute approximate surface area is 205 Å². The molecule has 1 saturated heterocycles. The highest BCUT2D eigenvalue weighted by atomic mass is 32.1. The minimum atomic E-state index is -0.381. The smallest absolute Gasteiger partial charge is 0.325 e. The predicted octanol–water partition coefficient (Wildman–Crippen LogP) is 4.58. The first kappa shape index (κ1) is 24.8. The van der Waals surface area contributed by atoms with E-state index in [1.807, 2.05) is 30.5 Å². The van der Waals surface area contributed by atoms with Gasteiger partial charge in [0.05, 0.1) is 24.6 Å². The number of hydrogen-bond acceptors (Lipinski definition) is 7. The highest BCUT2D eigenvalue weighted by molar-refractivity contribution is 7.13. The second-order valence-electron chi connectivity index (χ2n) is 8.98. The number of anilines is 2. The van der Waals surface area contributed by atoms with Crippen molar-refractivity contribution in [1.29, 1.82) is 0 Å². The molecule has 1 aliphatic heterocycles. The van der Waals surface area contributed by atoms with Gasteiger partial charge in [-0.2, -0.15) is 0 Å². The number of rotatable bonds is 9. The molecule has 1 aliphatic carbocycles. The van der Waals surface area contributed by atoms with Crippen LogP contribution in [0.25, 0.3) is 0 Å². The van der Waals surface area contributed by atoms with Gasteiger partial charge in [-0.1, -0.05) is 31.4 Å². The van der Waals surface area contributed by atoms with Crippen LogP contribution in [0.4, 0.5) is 15.6 Å². The van der Waals surface area contributed by atoms with Crippen LogP contribution in [0.5, 0.6) is 0 Å². The van der Waals surface area contributed by atoms with Crippen LogP contribution in [0.1, 0.15) is 54.2 Å². The fourth-order valence-electron chi connectivity index (χ4n) is 4.69. The van der Waals surface area contributed by atoms with Crippen LogP contribution in [-0.2, 0) is 11.2 Å². The SMILES string of the molecule is CCN(CCc1csc(NC(=O)Nc2ccc(C)cc2C(=O)C2CCCC2)n1)N1CCOCC1. The molecular formula is C25H35N5O3S. The van der Waals surface area contributed by atoms with E-state index in [-0.39, 0.29) is 17.7 Å². The molecule has 2 N–H and O–H groups in total. The second kappa shape index (κ2) is 11.9. The Hall–Kier alpha value is -2.33. The monoisotopic (exact) mass is 485 g/mol. The molecule has 9 heteroatoms. The summed E-state index contributed by atoms with van der Waals surface area (Å²) < 4.78 is 5.45. The number of aryl methyl sites for hydroxylation is 1. The molecule has 34 heavy (non-hydrogen) atoms. The van der Waals surface area contributed by atoms with Gasteiger partial charge in [-0.3, -0.25) is 10.1 Å². The van der Waals surface area contributed by atoms with Crippen LogP contribution < -0.4 is 10.6 Å². The Bertz CT molecular complexity index is 983. The average Bonchev–Trinajstić information content (AvgIpc) is 3.53. The molecule has 0 radical (unpaired) electrons. The Morgan fingerprint density at radius 3 is 2.71 bits per heavy atom. The number of aromatic nitrogens is 1. The summed E-state index contributed by atoms with van der Waals surface area (Å²) in [6.45, 7) is 9.31. The number of ketones is 1. The predicted molar refractivity (Wildman–Crippen MR) is 136 cm³/mol. The zero-order chi connectivity index (χ0) is 23.9. The van der Waals surface area contributed by atoms with Crippen molar-refractivity contribution in [1.82, 2.24) is 15.0 Å². The van der Waals surface area contributed by atoms with Crippen molar-refractivity contribution in [2.75, 3.05) is 50.0 Å². The van der Waals surface area contributed by atoms with E-state index in [4.69, 9.17) is 4.74 Å². The van der Waals surface area contributed by atoms with Crippen molar-refractivity contribution >= 4 is 34.0 Å². The first-order valence-corrected chi connectivity index (χ1v) is 13.2. The lowest BCUT2D eigenvalue weighted by atomic mass is 9.94. The third-order valence-electron chi connectivity index (χ3n) is 6.57. The number of urea groups is 1. The maximum atomic E-state index is 13.0. The molecule has 2 amide bonds. The van der Waals surface area contributed by atoms with Gasteiger partial charge in [-0.25, -0.2) is 19.8 Å². The van der Waals surface area contributed by atoms with E-state index in [1.54, 1.807) is 0 Å². The molecular weight excluding hydrogens is 450 g/mol. The fraction of sp³-hybridized carbons (Fsp3) is 0.560. The van der Waals surface area contributed by atoms with Gasteiger partial charge < -0.3 is 10.1 Å². The van der Waals surface area contributed by atoms with E-state index in [0.717, 1.165) is 82.8 Å². The van der Waals surface area contributed by atoms with Gasteiger partial charge in [-0.05, 0) is 31.9 Å². The molecule has 0 atom stereocenters. The van der Waals surface area contributed by atoms with Crippen molar-refractivity contribution in [3.63, 3.8) is 0 Å². The van der Waals surface area contributed by atoms with Gasteiger partial charge in [0.1, 0.15) is 0 Å². The molecule has 0 spiro atoms. The lowest BCUT2D eigenvalue weighted by Gasteiger charge is -2.36. The van der Waals surface area contributed by atoms with Crippen LogP contribution in [0.15, 0.2) is 23.6 Å². The van der Waals surface area contributed by atoms with E-state index in [0.29, 0.717) is 16.4 Å². The number of amides is 2. The van der Waals surface area contributed by atoms with Crippen LogP contribution in [0, 0.1) is 12.8 Å². The second-order valence-corrected chi connectivity index (χ2v) is 9.84. The largest absolute Gasteiger partial charge is 0.379 e. The van der Waals surface area contributed by atoms with E-state index in [2.05, 4.69) is 32.6 Å². The third kappa shape index (κ3) is 6.41. The number of nitrogens with zero attached hydrogens (tertiary/aromatic N) is 3. The molecule has 0 unspecified atom stereocenters. The highest BCUT2D eigenvalue weighted by Gasteiger charge is 2.26. The van der Waals surface area contributed by atoms with Crippen molar-refractivity contribution in [2.45, 2.75) is 46.0 Å². The summed E-state index contributed by atoms with van der Waals surface area (Å²) >= 11 is 1.41. The van der Waals surface area contributed by atoms with Crippen molar-refractivity contribution in [3.8, 4) is 0 Å². The number of ether oxygens (including phenoxy) is 1. The molecule has 1 aromatic carbocycles. The molecule has 2 aromatic rings. The van der Waals surface area contributed by atoms with Crippen LogP contribution in [0.2, 0.25) is 0 Å². The number of carbonyl (C=O) groups is 2. The number of hydrogen-bond donors (Lipinski definition) is 2. The van der Waals surface area contributed by atoms with E-state index in [1.165, 1.54) is 11.3 Å². The number of nitrogens with one attached hydrogen (secondary N) is 2. The first-order chi connectivity index (χ1) is 16.5. The number of hydrazine groups is 1. The minimum absolute atomic E-state index is 0.0621. The topological polar surface area (TPSA) is 86.8 Å². The van der Waals surface area contributed by atoms with E-state index in [9.17, 15) is 9.59 Å². The molecule has 2 fully saturated rings. The fourth-order valence-corrected chi connectivity index (χ4v) is 5.43. The third-order valence-corrected chi connectivity index (χ3v) is 7.37. The number of likely N-dealkylation sites (N-methyl/N-ethyl adjacent to an activating group) is 1. The van der Waals surface area contributed by atoms with Crippen molar-refractivity contribution < 1.29 is 14.3 Å². The summed E-state index contributed by atoms with van der Waals surface area (Å²) in [4.78, 5) is 30.3. The Balaban J connectivity index is 1.33. The van der Waals surface area contributed by atoms with E-state index < -0.39 is 0 Å². The number of carbonyl (C=O) groups excluding carboxylic acids is 2. The quantitative estimate of drug-likeness (QED) is 0.506. The minimum Gasteiger partial charge on any atom is -0.379 e. The van der Waals surface area contributed by atoms with Crippen LogP contribution in [-0.4, -0.2) is 66.2 Å². The molecule has 1 aromatic heterocycles. The summed E-state index contributed by atoms with van der Waals surface area (Å²) in [6, 6.07) is 5.23. The molecule has 1 saturated carbocycles. The van der Waals surface area contributed by atoms with Gasteiger partial charge in [0, 0.05) is 49.5 Å². The Kier molecular flexibility index (Phi) is 8.66. The first-order valence-electron chi connectivity index (χ1n) is 12.3. The zero-order valence-electron chi connectivity index (χ0n) is 20.1. The molecule has 0 bridgehead atoms. The maximum Gasteiger partial charge on any atom is 0.325 e. The van der Waals surface area contributed by atoms with Gasteiger partial charge in [0.25, 0.3) is 0 Å². The van der Waals surface area contributed by atoms with Gasteiger partial charge >= 0.3 is 6.03 Å². The molecule has 2 heterocycles. The van der Waals surface area contributed by atoms with Crippen molar-refractivity contribution in [2.24, 2.45) is 5.92 Å². The normalized spacial score (nSPS) is 17.3. The Morgan fingerprint density at radius 2 is 1.97 bits per heavy atom. The lowest BCUT2D eigenvalue weighted by Crippen LogP contribution is -2.49. The van der Waals surface area contributed by atoms with Gasteiger partial charge in [0.15, 0.2) is 10.9 Å². The lowest BCUT2D eigenvalue weighted by molar-refractivity contribution is -0.0869.